The highest BCUT2D eigenvalue weighted by molar-refractivity contribution is 7.98. The average Bonchev–Trinajstić information content (AvgIpc) is 3.33. The molecular formula is C20H16Cl2N4OS2. The molecule has 5 nitrogen and oxygen atoms in total. The molecule has 9 heteroatoms. The molecule has 0 aliphatic heterocycles. The van der Waals surface area contributed by atoms with Crippen molar-refractivity contribution in [3.8, 4) is 16.3 Å². The summed E-state index contributed by atoms with van der Waals surface area (Å²) in [6.07, 6.45) is 0. The second-order valence-electron chi connectivity index (χ2n) is 6.12. The molecule has 0 atom stereocenters. The lowest BCUT2D eigenvalue weighted by Gasteiger charge is -2.08. The molecule has 2 heterocycles. The lowest BCUT2D eigenvalue weighted by Crippen LogP contribution is -2.04. The molecule has 0 aliphatic rings. The van der Waals surface area contributed by atoms with Gasteiger partial charge in [-0.2, -0.15) is 0 Å². The number of benzene rings is 2. The minimum atomic E-state index is 0.264. The van der Waals surface area contributed by atoms with Gasteiger partial charge in [-0.3, -0.25) is 0 Å². The number of hydrogen-bond acceptors (Lipinski definition) is 6. The molecule has 4 rings (SSSR count). The fourth-order valence-corrected chi connectivity index (χ4v) is 4.77. The Bertz CT molecular complexity index is 1110. The van der Waals surface area contributed by atoms with Gasteiger partial charge in [0.1, 0.15) is 17.4 Å². The highest BCUT2D eigenvalue weighted by Crippen LogP contribution is 2.29. The highest BCUT2D eigenvalue weighted by atomic mass is 35.5. The molecule has 0 aliphatic carbocycles. The molecule has 2 aromatic carbocycles. The zero-order chi connectivity index (χ0) is 20.2. The first-order chi connectivity index (χ1) is 14.1. The molecule has 0 saturated carbocycles. The van der Waals surface area contributed by atoms with E-state index in [1.807, 2.05) is 29.8 Å². The SMILES string of the molecule is Cn1c(COc2ccc(Cl)cc2Cl)nnc1SCc1csc(-c2ccccc2)n1. The number of nitrogens with zero attached hydrogens (tertiary/aromatic N) is 4. The van der Waals surface area contributed by atoms with E-state index in [-0.39, 0.29) is 6.61 Å². The van der Waals surface area contributed by atoms with Crippen LogP contribution in [0.4, 0.5) is 0 Å². The molecule has 148 valence electrons. The van der Waals surface area contributed by atoms with Gasteiger partial charge in [0.2, 0.25) is 0 Å². The molecule has 0 N–H and O–H groups in total. The summed E-state index contributed by atoms with van der Waals surface area (Å²) in [7, 11) is 1.92. The van der Waals surface area contributed by atoms with Gasteiger partial charge in [-0.05, 0) is 18.2 Å². The first-order valence-corrected chi connectivity index (χ1v) is 11.3. The lowest BCUT2D eigenvalue weighted by atomic mass is 10.2. The fraction of sp³-hybridized carbons (Fsp3) is 0.150. The monoisotopic (exact) mass is 462 g/mol. The molecular weight excluding hydrogens is 447 g/mol. The van der Waals surface area contributed by atoms with Crippen LogP contribution < -0.4 is 4.74 Å². The largest absolute Gasteiger partial charge is 0.484 e. The van der Waals surface area contributed by atoms with E-state index >= 15 is 0 Å². The van der Waals surface area contributed by atoms with Crippen molar-refractivity contribution in [2.75, 3.05) is 0 Å². The van der Waals surface area contributed by atoms with Gasteiger partial charge in [-0.1, -0.05) is 65.3 Å². The van der Waals surface area contributed by atoms with Crippen molar-refractivity contribution < 1.29 is 4.74 Å². The van der Waals surface area contributed by atoms with Crippen LogP contribution in [0.2, 0.25) is 10.0 Å². The molecule has 0 unspecified atom stereocenters. The van der Waals surface area contributed by atoms with E-state index in [1.54, 1.807) is 41.3 Å². The Morgan fingerprint density at radius 1 is 1.10 bits per heavy atom. The van der Waals surface area contributed by atoms with Gasteiger partial charge in [0, 0.05) is 28.8 Å². The molecule has 0 fully saturated rings. The number of aromatic nitrogens is 4. The van der Waals surface area contributed by atoms with Crippen molar-refractivity contribution in [1.82, 2.24) is 19.7 Å². The minimum Gasteiger partial charge on any atom is -0.484 e. The maximum absolute atomic E-state index is 6.14. The molecule has 4 aromatic rings. The fourth-order valence-electron chi connectivity index (χ4n) is 2.56. The first kappa shape index (κ1) is 20.2. The predicted octanol–water partition coefficient (Wildman–Crippen LogP) is 6.12. The zero-order valence-electron chi connectivity index (χ0n) is 15.4. The van der Waals surface area contributed by atoms with Crippen LogP contribution >= 0.6 is 46.3 Å². The van der Waals surface area contributed by atoms with Crippen LogP contribution in [0.5, 0.6) is 5.75 Å². The normalized spacial score (nSPS) is 11.0. The smallest absolute Gasteiger partial charge is 0.191 e. The highest BCUT2D eigenvalue weighted by Gasteiger charge is 2.12. The minimum absolute atomic E-state index is 0.264. The Labute approximate surface area is 186 Å². The average molecular weight is 463 g/mol. The van der Waals surface area contributed by atoms with Crippen molar-refractivity contribution in [2.24, 2.45) is 7.05 Å². The lowest BCUT2D eigenvalue weighted by molar-refractivity contribution is 0.290. The molecule has 0 radical (unpaired) electrons. The van der Waals surface area contributed by atoms with E-state index in [0.29, 0.717) is 21.6 Å². The summed E-state index contributed by atoms with van der Waals surface area (Å²) in [6.45, 7) is 0.264. The predicted molar refractivity (Wildman–Crippen MR) is 119 cm³/mol. The van der Waals surface area contributed by atoms with Crippen molar-refractivity contribution in [3.05, 3.63) is 75.5 Å². The van der Waals surface area contributed by atoms with Crippen molar-refractivity contribution in [1.29, 1.82) is 0 Å². The quantitative estimate of drug-likeness (QED) is 0.309. The molecule has 0 amide bonds. The van der Waals surface area contributed by atoms with E-state index in [0.717, 1.165) is 27.2 Å². The van der Waals surface area contributed by atoms with E-state index in [2.05, 4.69) is 27.7 Å². The summed E-state index contributed by atoms with van der Waals surface area (Å²) in [6, 6.07) is 15.3. The van der Waals surface area contributed by atoms with Crippen molar-refractivity contribution in [3.63, 3.8) is 0 Å². The molecule has 0 bridgehead atoms. The molecule has 29 heavy (non-hydrogen) atoms. The van der Waals surface area contributed by atoms with Gasteiger partial charge < -0.3 is 9.30 Å². The Morgan fingerprint density at radius 2 is 1.93 bits per heavy atom. The van der Waals surface area contributed by atoms with Gasteiger partial charge in [-0.25, -0.2) is 4.98 Å². The van der Waals surface area contributed by atoms with Crippen LogP contribution in [-0.2, 0) is 19.4 Å². The Hall–Kier alpha value is -2.06. The van der Waals surface area contributed by atoms with Gasteiger partial charge >= 0.3 is 0 Å². The summed E-state index contributed by atoms with van der Waals surface area (Å²) in [5.74, 6) is 1.99. The number of halogens is 2. The molecule has 2 aromatic heterocycles. The topological polar surface area (TPSA) is 52.8 Å². The summed E-state index contributed by atoms with van der Waals surface area (Å²) in [5, 5.41) is 13.4. The maximum Gasteiger partial charge on any atom is 0.191 e. The summed E-state index contributed by atoms with van der Waals surface area (Å²) in [4.78, 5) is 4.71. The standard InChI is InChI=1S/C20H16Cl2N4OS2/c1-26-18(10-27-17-8-7-14(21)9-16(17)22)24-25-20(26)29-12-15-11-28-19(23-15)13-5-3-2-4-6-13/h2-9,11H,10,12H2,1H3. The summed E-state index contributed by atoms with van der Waals surface area (Å²) >= 11 is 15.3. The molecule has 0 spiro atoms. The van der Waals surface area contributed by atoms with Gasteiger partial charge in [0.25, 0.3) is 0 Å². The third kappa shape index (κ3) is 4.93. The Balaban J connectivity index is 1.37. The second kappa shape index (κ2) is 9.17. The van der Waals surface area contributed by atoms with Gasteiger partial charge in [-0.15, -0.1) is 21.5 Å². The Kier molecular flexibility index (Phi) is 6.40. The third-order valence-corrected chi connectivity index (χ3v) is 6.62. The number of ether oxygens (including phenoxy) is 1. The van der Waals surface area contributed by atoms with Crippen molar-refractivity contribution >= 4 is 46.3 Å². The number of hydrogen-bond donors (Lipinski definition) is 0. The van der Waals surface area contributed by atoms with Crippen LogP contribution in [0.25, 0.3) is 10.6 Å². The van der Waals surface area contributed by atoms with Crippen LogP contribution in [0.3, 0.4) is 0 Å². The number of thioether (sulfide) groups is 1. The van der Waals surface area contributed by atoms with E-state index in [9.17, 15) is 0 Å². The van der Waals surface area contributed by atoms with E-state index < -0.39 is 0 Å². The zero-order valence-corrected chi connectivity index (χ0v) is 18.5. The Morgan fingerprint density at radius 3 is 2.72 bits per heavy atom. The van der Waals surface area contributed by atoms with Crippen LogP contribution in [-0.4, -0.2) is 19.7 Å². The third-order valence-electron chi connectivity index (χ3n) is 4.10. The van der Waals surface area contributed by atoms with Crippen molar-refractivity contribution in [2.45, 2.75) is 17.5 Å². The van der Waals surface area contributed by atoms with Gasteiger partial charge in [0.15, 0.2) is 11.0 Å². The van der Waals surface area contributed by atoms with E-state index in [1.165, 1.54) is 0 Å². The summed E-state index contributed by atoms with van der Waals surface area (Å²) < 4.78 is 7.67. The molecule has 0 saturated heterocycles. The number of thiazole rings is 1. The van der Waals surface area contributed by atoms with Crippen LogP contribution in [0.1, 0.15) is 11.5 Å². The first-order valence-electron chi connectivity index (χ1n) is 8.69. The summed E-state index contributed by atoms with van der Waals surface area (Å²) in [5.41, 5.74) is 2.15. The van der Waals surface area contributed by atoms with Gasteiger partial charge in [0.05, 0.1) is 10.7 Å². The van der Waals surface area contributed by atoms with Crippen LogP contribution in [0, 0.1) is 0 Å². The van der Waals surface area contributed by atoms with Crippen LogP contribution in [0.15, 0.2) is 59.1 Å². The van der Waals surface area contributed by atoms with E-state index in [4.69, 9.17) is 32.9 Å². The maximum atomic E-state index is 6.14. The number of rotatable bonds is 7. The second-order valence-corrected chi connectivity index (χ2v) is 8.76.